The molecule has 9 heteroatoms. The molecule has 0 aliphatic rings. The molecule has 0 bridgehead atoms. The molecule has 9 nitrogen and oxygen atoms in total. The number of fused-ring (bicyclic) bond motifs is 1. The fourth-order valence-electron chi connectivity index (χ4n) is 4.89. The Morgan fingerprint density at radius 1 is 0.878 bits per heavy atom. The first-order chi connectivity index (χ1) is 19.9. The summed E-state index contributed by atoms with van der Waals surface area (Å²) in [5.41, 5.74) is 4.00. The SMILES string of the molecule is COC(=O)c1ccc(Cc2cn(C(=O)NC(c3ccccc3)c3ccccc3)c3ccc([N+](=O)[O-])cc23)c(OC)c1. The van der Waals surface area contributed by atoms with Gasteiger partial charge in [0.1, 0.15) is 5.75 Å². The quantitative estimate of drug-likeness (QED) is 0.138. The maximum absolute atomic E-state index is 13.8. The van der Waals surface area contributed by atoms with Crippen molar-refractivity contribution in [2.45, 2.75) is 12.5 Å². The summed E-state index contributed by atoms with van der Waals surface area (Å²) in [5, 5.41) is 15.3. The molecule has 206 valence electrons. The van der Waals surface area contributed by atoms with Gasteiger partial charge in [-0.1, -0.05) is 66.7 Å². The predicted molar refractivity (Wildman–Crippen MR) is 154 cm³/mol. The zero-order valence-corrected chi connectivity index (χ0v) is 22.4. The summed E-state index contributed by atoms with van der Waals surface area (Å²) in [4.78, 5) is 37.0. The molecule has 0 unspecified atom stereocenters. The average molecular weight is 550 g/mol. The van der Waals surface area contributed by atoms with E-state index in [4.69, 9.17) is 9.47 Å². The predicted octanol–water partition coefficient (Wildman–Crippen LogP) is 6.28. The third-order valence-corrected chi connectivity index (χ3v) is 6.92. The first-order valence-electron chi connectivity index (χ1n) is 12.8. The molecule has 5 aromatic rings. The van der Waals surface area contributed by atoms with Gasteiger partial charge in [0, 0.05) is 30.1 Å². The number of carbonyl (C=O) groups is 2. The van der Waals surface area contributed by atoms with E-state index in [0.29, 0.717) is 34.2 Å². The van der Waals surface area contributed by atoms with Crippen molar-refractivity contribution in [2.75, 3.05) is 14.2 Å². The van der Waals surface area contributed by atoms with E-state index in [1.165, 1.54) is 30.9 Å². The number of nitro groups is 1. The molecule has 1 aromatic heterocycles. The lowest BCUT2D eigenvalue weighted by Gasteiger charge is -2.20. The molecule has 0 atom stereocenters. The summed E-state index contributed by atoms with van der Waals surface area (Å²) in [6, 6.07) is 27.9. The highest BCUT2D eigenvalue weighted by Gasteiger charge is 2.22. The van der Waals surface area contributed by atoms with Gasteiger partial charge in [0.2, 0.25) is 0 Å². The second kappa shape index (κ2) is 11.7. The van der Waals surface area contributed by atoms with E-state index in [1.54, 1.807) is 30.5 Å². The lowest BCUT2D eigenvalue weighted by Crippen LogP contribution is -2.32. The molecular formula is C32H27N3O6. The van der Waals surface area contributed by atoms with Crippen LogP contribution in [0.4, 0.5) is 10.5 Å². The largest absolute Gasteiger partial charge is 0.496 e. The van der Waals surface area contributed by atoms with Gasteiger partial charge in [-0.2, -0.15) is 0 Å². The Hall–Kier alpha value is -5.44. The van der Waals surface area contributed by atoms with Crippen LogP contribution in [-0.2, 0) is 11.2 Å². The Morgan fingerprint density at radius 2 is 1.54 bits per heavy atom. The molecule has 41 heavy (non-hydrogen) atoms. The van der Waals surface area contributed by atoms with Crippen LogP contribution in [-0.4, -0.2) is 35.7 Å². The van der Waals surface area contributed by atoms with Gasteiger partial charge in [0.25, 0.3) is 5.69 Å². The standard InChI is InChI=1S/C32H27N3O6/c1-40-29-18-24(31(36)41-2)14-13-23(29)17-25-20-34(28-16-15-26(35(38)39)19-27(25)28)32(37)33-30(21-9-5-3-6-10-21)22-11-7-4-8-12-22/h3-16,18-20,30H,17H2,1-2H3,(H,33,37). The summed E-state index contributed by atoms with van der Waals surface area (Å²) < 4.78 is 11.8. The average Bonchev–Trinajstić information content (AvgIpc) is 3.38. The number of amides is 1. The number of nitrogens with zero attached hydrogens (tertiary/aromatic N) is 2. The lowest BCUT2D eigenvalue weighted by molar-refractivity contribution is -0.384. The molecule has 0 radical (unpaired) electrons. The fraction of sp³-hybridized carbons (Fsp3) is 0.125. The molecule has 5 rings (SSSR count). The third kappa shape index (κ3) is 5.65. The zero-order chi connectivity index (χ0) is 28.9. The van der Waals surface area contributed by atoms with Gasteiger partial charge in [0.15, 0.2) is 0 Å². The molecule has 0 aliphatic carbocycles. The number of esters is 1. The summed E-state index contributed by atoms with van der Waals surface area (Å²) >= 11 is 0. The van der Waals surface area contributed by atoms with Crippen molar-refractivity contribution >= 4 is 28.6 Å². The molecule has 0 spiro atoms. The highest BCUT2D eigenvalue weighted by atomic mass is 16.6. The number of nitrogens with one attached hydrogen (secondary N) is 1. The fourth-order valence-corrected chi connectivity index (χ4v) is 4.89. The van der Waals surface area contributed by atoms with Crippen LogP contribution in [0.5, 0.6) is 5.75 Å². The number of hydrogen-bond acceptors (Lipinski definition) is 6. The molecular weight excluding hydrogens is 522 g/mol. The number of ether oxygens (including phenoxy) is 2. The van der Waals surface area contributed by atoms with E-state index >= 15 is 0 Å². The van der Waals surface area contributed by atoms with E-state index in [-0.39, 0.29) is 11.7 Å². The summed E-state index contributed by atoms with van der Waals surface area (Å²) in [7, 11) is 2.80. The third-order valence-electron chi connectivity index (χ3n) is 6.92. The van der Waals surface area contributed by atoms with Crippen molar-refractivity contribution in [1.29, 1.82) is 0 Å². The van der Waals surface area contributed by atoms with Crippen molar-refractivity contribution in [1.82, 2.24) is 9.88 Å². The number of nitro benzene ring substituents is 1. The van der Waals surface area contributed by atoms with Crippen molar-refractivity contribution in [3.8, 4) is 5.75 Å². The van der Waals surface area contributed by atoms with Gasteiger partial charge in [-0.3, -0.25) is 14.7 Å². The van der Waals surface area contributed by atoms with Crippen LogP contribution in [0, 0.1) is 10.1 Å². The number of benzene rings is 4. The topological polar surface area (TPSA) is 113 Å². The number of hydrogen-bond donors (Lipinski definition) is 1. The van der Waals surface area contributed by atoms with Gasteiger partial charge in [-0.15, -0.1) is 0 Å². The molecule has 0 saturated carbocycles. The highest BCUT2D eigenvalue weighted by Crippen LogP contribution is 2.31. The second-order valence-electron chi connectivity index (χ2n) is 9.38. The Kier molecular flexibility index (Phi) is 7.78. The van der Waals surface area contributed by atoms with Gasteiger partial charge in [0.05, 0.1) is 36.3 Å². The monoisotopic (exact) mass is 549 g/mol. The molecule has 1 N–H and O–H groups in total. The van der Waals surface area contributed by atoms with Crippen molar-refractivity contribution in [3.63, 3.8) is 0 Å². The smallest absolute Gasteiger partial charge is 0.337 e. The first-order valence-corrected chi connectivity index (χ1v) is 12.8. The van der Waals surface area contributed by atoms with Gasteiger partial charge >= 0.3 is 12.0 Å². The Labute approximate surface area is 236 Å². The Balaban J connectivity index is 1.56. The summed E-state index contributed by atoms with van der Waals surface area (Å²) in [6.07, 6.45) is 1.98. The minimum Gasteiger partial charge on any atom is -0.496 e. The number of non-ortho nitro benzene ring substituents is 1. The maximum Gasteiger partial charge on any atom is 0.337 e. The van der Waals surface area contributed by atoms with E-state index in [2.05, 4.69) is 5.32 Å². The molecule has 1 amide bonds. The van der Waals surface area contributed by atoms with Gasteiger partial charge in [-0.25, -0.2) is 9.59 Å². The van der Waals surface area contributed by atoms with Crippen LogP contribution in [0.1, 0.15) is 38.7 Å². The lowest BCUT2D eigenvalue weighted by atomic mass is 9.99. The zero-order valence-electron chi connectivity index (χ0n) is 22.4. The molecule has 0 saturated heterocycles. The number of rotatable bonds is 8. The molecule has 4 aromatic carbocycles. The molecule has 0 aliphatic heterocycles. The van der Waals surface area contributed by atoms with Crippen LogP contribution in [0.15, 0.2) is 103 Å². The number of carbonyl (C=O) groups excluding carboxylic acids is 2. The van der Waals surface area contributed by atoms with Crippen LogP contribution in [0.25, 0.3) is 10.9 Å². The minimum atomic E-state index is -0.495. The van der Waals surface area contributed by atoms with E-state index < -0.39 is 16.9 Å². The Bertz CT molecular complexity index is 1690. The van der Waals surface area contributed by atoms with E-state index in [0.717, 1.165) is 16.7 Å². The summed E-state index contributed by atoms with van der Waals surface area (Å²) in [5.74, 6) is -0.0398. The van der Waals surface area contributed by atoms with Crippen LogP contribution in [0.2, 0.25) is 0 Å². The summed E-state index contributed by atoms with van der Waals surface area (Å²) in [6.45, 7) is 0. The van der Waals surface area contributed by atoms with Crippen LogP contribution >= 0.6 is 0 Å². The van der Waals surface area contributed by atoms with Crippen LogP contribution in [0.3, 0.4) is 0 Å². The van der Waals surface area contributed by atoms with Crippen molar-refractivity contribution < 1.29 is 24.0 Å². The van der Waals surface area contributed by atoms with Crippen molar-refractivity contribution in [3.05, 3.63) is 141 Å². The minimum absolute atomic E-state index is 0.0867. The molecule has 0 fully saturated rings. The first kappa shape index (κ1) is 27.1. The van der Waals surface area contributed by atoms with Gasteiger partial charge in [-0.05, 0) is 40.5 Å². The van der Waals surface area contributed by atoms with E-state index in [1.807, 2.05) is 60.7 Å². The van der Waals surface area contributed by atoms with Crippen LogP contribution < -0.4 is 10.1 Å². The molecule has 1 heterocycles. The van der Waals surface area contributed by atoms with Crippen molar-refractivity contribution in [2.24, 2.45) is 0 Å². The van der Waals surface area contributed by atoms with Gasteiger partial charge < -0.3 is 14.8 Å². The number of aromatic nitrogens is 1. The number of methoxy groups -OCH3 is 2. The maximum atomic E-state index is 13.8. The highest BCUT2D eigenvalue weighted by molar-refractivity contribution is 5.95. The second-order valence-corrected chi connectivity index (χ2v) is 9.38. The normalized spacial score (nSPS) is 10.9. The Morgan fingerprint density at radius 3 is 2.12 bits per heavy atom. The van der Waals surface area contributed by atoms with E-state index in [9.17, 15) is 19.7 Å².